The monoisotopic (exact) mass is 303 g/mol. The van der Waals surface area contributed by atoms with Crippen LogP contribution in [0.5, 0.6) is 0 Å². The van der Waals surface area contributed by atoms with Gasteiger partial charge in [-0.1, -0.05) is 40.2 Å². The molecule has 0 aliphatic heterocycles. The smallest absolute Gasteiger partial charge is 0.0346 e. The standard InChI is InChI=1S/C16H18BrN/c1-10-5-4-6-14(16(10)17)9-13-7-8-15(18)12(3)11(13)2/h4-8H,9,18H2,1-3H3. The summed E-state index contributed by atoms with van der Waals surface area (Å²) in [6.45, 7) is 6.35. The molecule has 1 nitrogen and oxygen atoms in total. The molecule has 94 valence electrons. The third-order valence-corrected chi connectivity index (χ3v) is 4.73. The largest absolute Gasteiger partial charge is 0.399 e. The van der Waals surface area contributed by atoms with Crippen molar-refractivity contribution in [2.24, 2.45) is 0 Å². The number of benzene rings is 2. The zero-order valence-corrected chi connectivity index (χ0v) is 12.6. The predicted molar refractivity (Wildman–Crippen MR) is 82.0 cm³/mol. The van der Waals surface area contributed by atoms with E-state index in [-0.39, 0.29) is 0 Å². The van der Waals surface area contributed by atoms with Gasteiger partial charge in [-0.05, 0) is 61.1 Å². The van der Waals surface area contributed by atoms with Crippen LogP contribution in [0.1, 0.15) is 27.8 Å². The minimum absolute atomic E-state index is 0.875. The van der Waals surface area contributed by atoms with Crippen molar-refractivity contribution >= 4 is 21.6 Å². The number of halogens is 1. The quantitative estimate of drug-likeness (QED) is 0.809. The van der Waals surface area contributed by atoms with Crippen LogP contribution in [0.4, 0.5) is 5.69 Å². The van der Waals surface area contributed by atoms with Crippen LogP contribution in [0.2, 0.25) is 0 Å². The van der Waals surface area contributed by atoms with E-state index in [4.69, 9.17) is 5.73 Å². The van der Waals surface area contributed by atoms with E-state index in [0.717, 1.165) is 12.1 Å². The summed E-state index contributed by atoms with van der Waals surface area (Å²) in [5, 5.41) is 0. The van der Waals surface area contributed by atoms with Gasteiger partial charge in [0.15, 0.2) is 0 Å². The lowest BCUT2D eigenvalue weighted by Gasteiger charge is -2.13. The van der Waals surface area contributed by atoms with Gasteiger partial charge in [0.25, 0.3) is 0 Å². The minimum Gasteiger partial charge on any atom is -0.399 e. The molecular weight excluding hydrogens is 286 g/mol. The third kappa shape index (κ3) is 2.44. The maximum absolute atomic E-state index is 5.93. The lowest BCUT2D eigenvalue weighted by Crippen LogP contribution is -1.99. The van der Waals surface area contributed by atoms with Crippen LogP contribution in [0.25, 0.3) is 0 Å². The molecule has 0 amide bonds. The molecular formula is C16H18BrN. The normalized spacial score (nSPS) is 10.7. The van der Waals surface area contributed by atoms with E-state index in [9.17, 15) is 0 Å². The van der Waals surface area contributed by atoms with E-state index in [2.05, 4.69) is 61.0 Å². The summed E-state index contributed by atoms with van der Waals surface area (Å²) in [5.41, 5.74) is 13.2. The second kappa shape index (κ2) is 5.15. The fraction of sp³-hybridized carbons (Fsp3) is 0.250. The first kappa shape index (κ1) is 13.2. The van der Waals surface area contributed by atoms with Gasteiger partial charge in [0.05, 0.1) is 0 Å². The molecule has 2 aromatic rings. The summed E-state index contributed by atoms with van der Waals surface area (Å²) in [7, 11) is 0. The van der Waals surface area contributed by atoms with Crippen molar-refractivity contribution in [1.82, 2.24) is 0 Å². The minimum atomic E-state index is 0.875. The Morgan fingerprint density at radius 3 is 2.39 bits per heavy atom. The van der Waals surface area contributed by atoms with Gasteiger partial charge in [-0.2, -0.15) is 0 Å². The molecule has 2 heteroatoms. The molecule has 0 unspecified atom stereocenters. The summed E-state index contributed by atoms with van der Waals surface area (Å²) >= 11 is 3.67. The van der Waals surface area contributed by atoms with Gasteiger partial charge in [0.1, 0.15) is 0 Å². The second-order valence-electron chi connectivity index (χ2n) is 4.79. The van der Waals surface area contributed by atoms with Crippen molar-refractivity contribution in [3.63, 3.8) is 0 Å². The SMILES string of the molecule is Cc1cccc(Cc2ccc(N)c(C)c2C)c1Br. The van der Waals surface area contributed by atoms with Gasteiger partial charge in [-0.25, -0.2) is 0 Å². The first-order chi connectivity index (χ1) is 8.50. The van der Waals surface area contributed by atoms with Crippen LogP contribution < -0.4 is 5.73 Å². The van der Waals surface area contributed by atoms with Crippen molar-refractivity contribution < 1.29 is 0 Å². The summed E-state index contributed by atoms with van der Waals surface area (Å²) in [6, 6.07) is 10.5. The van der Waals surface area contributed by atoms with Crippen LogP contribution in [-0.4, -0.2) is 0 Å². The summed E-state index contributed by atoms with van der Waals surface area (Å²) < 4.78 is 1.21. The Morgan fingerprint density at radius 2 is 1.67 bits per heavy atom. The van der Waals surface area contributed by atoms with Gasteiger partial charge >= 0.3 is 0 Å². The van der Waals surface area contributed by atoms with E-state index in [1.54, 1.807) is 0 Å². The van der Waals surface area contributed by atoms with Crippen molar-refractivity contribution in [3.05, 3.63) is 62.6 Å². The Balaban J connectivity index is 2.41. The molecule has 0 heterocycles. The highest BCUT2D eigenvalue weighted by atomic mass is 79.9. The molecule has 2 N–H and O–H groups in total. The predicted octanol–water partition coefficient (Wildman–Crippen LogP) is 4.55. The third-order valence-electron chi connectivity index (χ3n) is 3.59. The van der Waals surface area contributed by atoms with Gasteiger partial charge in [0, 0.05) is 10.2 Å². The summed E-state index contributed by atoms with van der Waals surface area (Å²) in [5.74, 6) is 0. The molecule has 0 saturated heterocycles. The highest BCUT2D eigenvalue weighted by Crippen LogP contribution is 2.27. The van der Waals surface area contributed by atoms with E-state index in [1.165, 1.54) is 32.3 Å². The van der Waals surface area contributed by atoms with Crippen molar-refractivity contribution in [3.8, 4) is 0 Å². The molecule has 0 spiro atoms. The van der Waals surface area contributed by atoms with Crippen molar-refractivity contribution in [2.45, 2.75) is 27.2 Å². The van der Waals surface area contributed by atoms with Gasteiger partial charge < -0.3 is 5.73 Å². The van der Waals surface area contributed by atoms with Crippen LogP contribution in [-0.2, 0) is 6.42 Å². The maximum atomic E-state index is 5.93. The number of nitrogens with two attached hydrogens (primary N) is 1. The van der Waals surface area contributed by atoms with Gasteiger partial charge in [0.2, 0.25) is 0 Å². The van der Waals surface area contributed by atoms with Crippen LogP contribution in [0.3, 0.4) is 0 Å². The summed E-state index contributed by atoms with van der Waals surface area (Å²) in [4.78, 5) is 0. The Bertz CT molecular complexity index is 588. The first-order valence-electron chi connectivity index (χ1n) is 6.09. The Morgan fingerprint density at radius 1 is 0.944 bits per heavy atom. The lowest BCUT2D eigenvalue weighted by molar-refractivity contribution is 1.12. The highest BCUT2D eigenvalue weighted by molar-refractivity contribution is 9.10. The molecule has 18 heavy (non-hydrogen) atoms. The zero-order valence-electron chi connectivity index (χ0n) is 11.0. The average Bonchev–Trinajstić information content (AvgIpc) is 2.35. The molecule has 0 aromatic heterocycles. The van der Waals surface area contributed by atoms with E-state index < -0.39 is 0 Å². The van der Waals surface area contributed by atoms with Crippen LogP contribution in [0, 0.1) is 20.8 Å². The summed E-state index contributed by atoms with van der Waals surface area (Å²) in [6.07, 6.45) is 0.940. The van der Waals surface area contributed by atoms with E-state index >= 15 is 0 Å². The molecule has 2 rings (SSSR count). The Kier molecular flexibility index (Phi) is 3.76. The van der Waals surface area contributed by atoms with Crippen molar-refractivity contribution in [1.29, 1.82) is 0 Å². The van der Waals surface area contributed by atoms with Gasteiger partial charge in [-0.3, -0.25) is 0 Å². The van der Waals surface area contributed by atoms with Crippen LogP contribution >= 0.6 is 15.9 Å². The topological polar surface area (TPSA) is 26.0 Å². The molecule has 0 bridgehead atoms. The number of rotatable bonds is 2. The average molecular weight is 304 g/mol. The molecule has 0 aliphatic rings. The van der Waals surface area contributed by atoms with E-state index in [0.29, 0.717) is 0 Å². The lowest BCUT2D eigenvalue weighted by atomic mass is 9.96. The molecule has 0 atom stereocenters. The first-order valence-corrected chi connectivity index (χ1v) is 6.88. The Hall–Kier alpha value is -1.28. The van der Waals surface area contributed by atoms with Crippen LogP contribution in [0.15, 0.2) is 34.8 Å². The Labute approximate surface area is 117 Å². The fourth-order valence-electron chi connectivity index (χ4n) is 2.14. The van der Waals surface area contributed by atoms with Crippen molar-refractivity contribution in [2.75, 3.05) is 5.73 Å². The zero-order chi connectivity index (χ0) is 13.3. The molecule has 0 fully saturated rings. The second-order valence-corrected chi connectivity index (χ2v) is 5.58. The molecule has 0 radical (unpaired) electrons. The molecule has 2 aromatic carbocycles. The number of anilines is 1. The maximum Gasteiger partial charge on any atom is 0.0346 e. The molecule has 0 aliphatic carbocycles. The number of nitrogen functional groups attached to an aromatic ring is 1. The number of hydrogen-bond acceptors (Lipinski definition) is 1. The number of aryl methyl sites for hydroxylation is 1. The van der Waals surface area contributed by atoms with Gasteiger partial charge in [-0.15, -0.1) is 0 Å². The molecule has 0 saturated carbocycles. The fourth-order valence-corrected chi connectivity index (χ4v) is 2.54. The van der Waals surface area contributed by atoms with E-state index in [1.807, 2.05) is 6.07 Å². The number of hydrogen-bond donors (Lipinski definition) is 1. The highest BCUT2D eigenvalue weighted by Gasteiger charge is 2.08.